The number of carboxylic acids is 2. The van der Waals surface area contributed by atoms with Crippen LogP contribution in [-0.2, 0) is 11.2 Å². The fourth-order valence-electron chi connectivity index (χ4n) is 1.52. The molecule has 0 aliphatic carbocycles. The smallest absolute Gasteiger partial charge is 0.335 e. The van der Waals surface area contributed by atoms with E-state index in [9.17, 15) is 9.59 Å². The van der Waals surface area contributed by atoms with Crippen molar-refractivity contribution in [3.05, 3.63) is 29.6 Å². The van der Waals surface area contributed by atoms with Gasteiger partial charge in [0.2, 0.25) is 0 Å². The topological polar surface area (TPSA) is 118 Å². The van der Waals surface area contributed by atoms with E-state index in [-0.39, 0.29) is 23.5 Å². The van der Waals surface area contributed by atoms with Crippen LogP contribution in [0.5, 0.6) is 0 Å². The zero-order valence-electron chi connectivity index (χ0n) is 8.62. The lowest BCUT2D eigenvalue weighted by Gasteiger charge is -1.97. The van der Waals surface area contributed by atoms with Gasteiger partial charge in [0.05, 0.1) is 17.7 Å². The van der Waals surface area contributed by atoms with E-state index in [1.807, 2.05) is 0 Å². The highest BCUT2D eigenvalue weighted by molar-refractivity contribution is 5.89. The summed E-state index contributed by atoms with van der Waals surface area (Å²) in [6.07, 6.45) is 1.16. The molecule has 0 unspecified atom stereocenters. The van der Waals surface area contributed by atoms with Crippen molar-refractivity contribution in [2.75, 3.05) is 5.73 Å². The molecule has 0 saturated carbocycles. The van der Waals surface area contributed by atoms with E-state index < -0.39 is 11.9 Å². The highest BCUT2D eigenvalue weighted by Crippen LogP contribution is 2.16. The molecule has 0 aliphatic heterocycles. The molecule has 0 aromatic carbocycles. The first-order chi connectivity index (χ1) is 7.99. The van der Waals surface area contributed by atoms with Crippen LogP contribution in [0.4, 0.5) is 5.82 Å². The quantitative estimate of drug-likeness (QED) is 0.701. The summed E-state index contributed by atoms with van der Waals surface area (Å²) < 4.78 is 1.45. The van der Waals surface area contributed by atoms with Crippen molar-refractivity contribution in [1.82, 2.24) is 9.38 Å². The van der Waals surface area contributed by atoms with Crippen LogP contribution in [0.1, 0.15) is 16.1 Å². The van der Waals surface area contributed by atoms with Gasteiger partial charge in [0, 0.05) is 6.20 Å². The molecule has 0 aliphatic rings. The third kappa shape index (κ3) is 1.89. The number of aromatic carboxylic acids is 1. The van der Waals surface area contributed by atoms with Crippen LogP contribution in [0.15, 0.2) is 18.3 Å². The number of rotatable bonds is 3. The van der Waals surface area contributed by atoms with Gasteiger partial charge in [-0.05, 0) is 12.1 Å². The molecule has 0 fully saturated rings. The maximum atomic E-state index is 10.8. The van der Waals surface area contributed by atoms with E-state index >= 15 is 0 Å². The van der Waals surface area contributed by atoms with Crippen LogP contribution < -0.4 is 5.73 Å². The number of nitrogens with zero attached hydrogens (tertiary/aromatic N) is 2. The Balaban J connectivity index is 2.57. The van der Waals surface area contributed by atoms with Crippen molar-refractivity contribution in [3.63, 3.8) is 0 Å². The summed E-state index contributed by atoms with van der Waals surface area (Å²) in [5, 5.41) is 17.5. The fourth-order valence-corrected chi connectivity index (χ4v) is 1.52. The van der Waals surface area contributed by atoms with Gasteiger partial charge in [0.15, 0.2) is 0 Å². The Morgan fingerprint density at radius 3 is 2.71 bits per heavy atom. The van der Waals surface area contributed by atoms with E-state index in [2.05, 4.69) is 4.98 Å². The van der Waals surface area contributed by atoms with Crippen LogP contribution in [0.3, 0.4) is 0 Å². The molecule has 2 heterocycles. The summed E-state index contributed by atoms with van der Waals surface area (Å²) in [4.78, 5) is 25.3. The number of fused-ring (bicyclic) bond motifs is 1. The number of carbonyl (C=O) groups is 2. The molecule has 2 aromatic heterocycles. The van der Waals surface area contributed by atoms with E-state index in [0.29, 0.717) is 5.65 Å². The molecule has 2 aromatic rings. The SMILES string of the molecule is Nc1c(CC(=O)O)nc2cc(C(=O)O)ccn12. The summed E-state index contributed by atoms with van der Waals surface area (Å²) >= 11 is 0. The molecule has 17 heavy (non-hydrogen) atoms. The summed E-state index contributed by atoms with van der Waals surface area (Å²) in [5.74, 6) is -1.91. The predicted molar refractivity (Wildman–Crippen MR) is 57.9 cm³/mol. The van der Waals surface area contributed by atoms with Gasteiger partial charge in [-0.3, -0.25) is 9.20 Å². The van der Waals surface area contributed by atoms with Gasteiger partial charge in [-0.2, -0.15) is 0 Å². The van der Waals surface area contributed by atoms with Gasteiger partial charge >= 0.3 is 11.9 Å². The van der Waals surface area contributed by atoms with Crippen LogP contribution >= 0.6 is 0 Å². The molecule has 2 rings (SSSR count). The largest absolute Gasteiger partial charge is 0.481 e. The molecule has 0 bridgehead atoms. The van der Waals surface area contributed by atoms with E-state index in [0.717, 1.165) is 0 Å². The van der Waals surface area contributed by atoms with E-state index in [1.54, 1.807) is 0 Å². The van der Waals surface area contributed by atoms with Crippen molar-refractivity contribution in [1.29, 1.82) is 0 Å². The Morgan fingerprint density at radius 2 is 2.12 bits per heavy atom. The van der Waals surface area contributed by atoms with Crippen molar-refractivity contribution >= 4 is 23.4 Å². The highest BCUT2D eigenvalue weighted by Gasteiger charge is 2.13. The lowest BCUT2D eigenvalue weighted by atomic mass is 10.3. The third-order valence-corrected chi connectivity index (χ3v) is 2.30. The lowest BCUT2D eigenvalue weighted by Crippen LogP contribution is -2.04. The molecule has 0 amide bonds. The standard InChI is InChI=1S/C10H9N3O4/c11-9-6(4-8(14)15)12-7-3-5(10(16)17)1-2-13(7)9/h1-3H,4,11H2,(H,14,15)(H,16,17). The highest BCUT2D eigenvalue weighted by atomic mass is 16.4. The van der Waals surface area contributed by atoms with Gasteiger partial charge in [0.25, 0.3) is 0 Å². The maximum Gasteiger partial charge on any atom is 0.335 e. The molecule has 4 N–H and O–H groups in total. The molecule has 88 valence electrons. The Morgan fingerprint density at radius 1 is 1.41 bits per heavy atom. The fraction of sp³-hybridized carbons (Fsp3) is 0.100. The molecule has 0 atom stereocenters. The van der Waals surface area contributed by atoms with Crippen molar-refractivity contribution in [3.8, 4) is 0 Å². The molecular formula is C10H9N3O4. The summed E-state index contributed by atoms with van der Waals surface area (Å²) in [6, 6.07) is 2.71. The number of imidazole rings is 1. The van der Waals surface area contributed by atoms with Crippen LogP contribution in [-0.4, -0.2) is 31.5 Å². The zero-order valence-corrected chi connectivity index (χ0v) is 8.62. The molecule has 7 heteroatoms. The van der Waals surface area contributed by atoms with Crippen molar-refractivity contribution in [2.45, 2.75) is 6.42 Å². The molecule has 0 saturated heterocycles. The minimum atomic E-state index is -1.08. The first-order valence-corrected chi connectivity index (χ1v) is 4.70. The van der Waals surface area contributed by atoms with E-state index in [4.69, 9.17) is 15.9 Å². The Kier molecular flexibility index (Phi) is 2.43. The van der Waals surface area contributed by atoms with Gasteiger partial charge in [-0.15, -0.1) is 0 Å². The van der Waals surface area contributed by atoms with Crippen LogP contribution in [0.25, 0.3) is 5.65 Å². The van der Waals surface area contributed by atoms with Crippen LogP contribution in [0, 0.1) is 0 Å². The number of hydrogen-bond donors (Lipinski definition) is 3. The van der Waals surface area contributed by atoms with Crippen molar-refractivity contribution < 1.29 is 19.8 Å². The van der Waals surface area contributed by atoms with E-state index in [1.165, 1.54) is 22.7 Å². The summed E-state index contributed by atoms with van der Waals surface area (Å²) in [7, 11) is 0. The van der Waals surface area contributed by atoms with Crippen molar-refractivity contribution in [2.24, 2.45) is 0 Å². The van der Waals surface area contributed by atoms with Gasteiger partial charge in [0.1, 0.15) is 11.5 Å². The molecular weight excluding hydrogens is 226 g/mol. The first kappa shape index (κ1) is 10.9. The number of aromatic nitrogens is 2. The second kappa shape index (κ2) is 3.78. The Hall–Kier alpha value is -2.57. The molecule has 0 spiro atoms. The zero-order chi connectivity index (χ0) is 12.6. The average molecular weight is 235 g/mol. The number of nitrogen functional groups attached to an aromatic ring is 1. The maximum absolute atomic E-state index is 10.8. The number of carboxylic acid groups (broad SMARTS) is 2. The number of hydrogen-bond acceptors (Lipinski definition) is 4. The second-order valence-electron chi connectivity index (χ2n) is 3.46. The molecule has 0 radical (unpaired) electrons. The lowest BCUT2D eigenvalue weighted by molar-refractivity contribution is -0.136. The van der Waals surface area contributed by atoms with Crippen LogP contribution in [0.2, 0.25) is 0 Å². The Bertz CT molecular complexity index is 617. The summed E-state index contributed by atoms with van der Waals surface area (Å²) in [6.45, 7) is 0. The Labute approximate surface area is 95.1 Å². The second-order valence-corrected chi connectivity index (χ2v) is 3.46. The predicted octanol–water partition coefficient (Wildman–Crippen LogP) is 0.242. The molecule has 7 nitrogen and oxygen atoms in total. The van der Waals surface area contributed by atoms with Gasteiger partial charge in [-0.1, -0.05) is 0 Å². The average Bonchev–Trinajstić information content (AvgIpc) is 2.54. The normalized spacial score (nSPS) is 10.6. The van der Waals surface area contributed by atoms with Gasteiger partial charge < -0.3 is 15.9 Å². The number of anilines is 1. The minimum absolute atomic E-state index is 0.0735. The van der Waals surface area contributed by atoms with Gasteiger partial charge in [-0.25, -0.2) is 9.78 Å². The summed E-state index contributed by atoms with van der Waals surface area (Å²) in [5.41, 5.74) is 6.32. The third-order valence-electron chi connectivity index (χ3n) is 2.30. The number of nitrogens with two attached hydrogens (primary N) is 1. The monoisotopic (exact) mass is 235 g/mol. The minimum Gasteiger partial charge on any atom is -0.481 e. The number of aliphatic carboxylic acids is 1. The first-order valence-electron chi connectivity index (χ1n) is 4.70. The number of pyridine rings is 1.